The van der Waals surface area contributed by atoms with Crippen LogP contribution in [-0.2, 0) is 14.8 Å². The number of carboxylic acid groups (broad SMARTS) is 1. The standard InChI is InChI=1S/C13H16N2O5S/c1-21(19,20)14-11-5-3-2-4-10(11)12(16)15-7-6-9(8-15)13(17)18/h2-5,9,14H,6-8H2,1H3,(H,17,18). The highest BCUT2D eigenvalue weighted by Crippen LogP contribution is 2.23. The Morgan fingerprint density at radius 1 is 1.33 bits per heavy atom. The van der Waals surface area contributed by atoms with Gasteiger partial charge in [0.25, 0.3) is 5.91 Å². The Balaban J connectivity index is 2.22. The molecule has 1 atom stereocenters. The third kappa shape index (κ3) is 3.72. The molecule has 0 bridgehead atoms. The van der Waals surface area contributed by atoms with Crippen LogP contribution in [0.15, 0.2) is 24.3 Å². The Hall–Kier alpha value is -2.09. The van der Waals surface area contributed by atoms with Crippen molar-refractivity contribution in [2.24, 2.45) is 5.92 Å². The molecule has 2 rings (SSSR count). The normalized spacial score (nSPS) is 18.5. The lowest BCUT2D eigenvalue weighted by atomic mass is 10.1. The van der Waals surface area contributed by atoms with Crippen molar-refractivity contribution in [3.05, 3.63) is 29.8 Å². The number of carbonyl (C=O) groups is 2. The third-order valence-electron chi connectivity index (χ3n) is 3.28. The molecule has 0 aliphatic carbocycles. The van der Waals surface area contributed by atoms with Gasteiger partial charge >= 0.3 is 5.97 Å². The first-order chi connectivity index (χ1) is 9.78. The zero-order valence-electron chi connectivity index (χ0n) is 11.4. The number of rotatable bonds is 4. The van der Waals surface area contributed by atoms with Crippen LogP contribution < -0.4 is 4.72 Å². The molecule has 0 saturated carbocycles. The summed E-state index contributed by atoms with van der Waals surface area (Å²) in [5.74, 6) is -1.86. The van der Waals surface area contributed by atoms with E-state index >= 15 is 0 Å². The molecule has 1 aromatic carbocycles. The van der Waals surface area contributed by atoms with Crippen LogP contribution in [0, 0.1) is 5.92 Å². The summed E-state index contributed by atoms with van der Waals surface area (Å²) in [4.78, 5) is 24.8. The predicted octanol–water partition coefficient (Wildman–Crippen LogP) is 0.605. The van der Waals surface area contributed by atoms with E-state index in [4.69, 9.17) is 5.11 Å². The highest BCUT2D eigenvalue weighted by molar-refractivity contribution is 7.92. The monoisotopic (exact) mass is 312 g/mol. The van der Waals surface area contributed by atoms with E-state index < -0.39 is 21.9 Å². The number of aliphatic carboxylic acids is 1. The van der Waals surface area contributed by atoms with E-state index in [1.807, 2.05) is 0 Å². The Morgan fingerprint density at radius 2 is 2.00 bits per heavy atom. The van der Waals surface area contributed by atoms with E-state index in [1.165, 1.54) is 17.0 Å². The largest absolute Gasteiger partial charge is 0.481 e. The first-order valence-corrected chi connectivity index (χ1v) is 8.26. The molecule has 0 radical (unpaired) electrons. The predicted molar refractivity (Wildman–Crippen MR) is 76.6 cm³/mol. The molecule has 1 heterocycles. The fourth-order valence-corrected chi connectivity index (χ4v) is 2.85. The summed E-state index contributed by atoms with van der Waals surface area (Å²) >= 11 is 0. The Labute approximate surface area is 122 Å². The van der Waals surface area contributed by atoms with Gasteiger partial charge in [-0.2, -0.15) is 0 Å². The van der Waals surface area contributed by atoms with Crippen molar-refractivity contribution in [3.63, 3.8) is 0 Å². The Morgan fingerprint density at radius 3 is 2.57 bits per heavy atom. The van der Waals surface area contributed by atoms with Gasteiger partial charge in [0.1, 0.15) is 0 Å². The van der Waals surface area contributed by atoms with Gasteiger partial charge in [-0.15, -0.1) is 0 Å². The van der Waals surface area contributed by atoms with Gasteiger partial charge < -0.3 is 10.0 Å². The number of hydrogen-bond acceptors (Lipinski definition) is 4. The maximum absolute atomic E-state index is 12.4. The van der Waals surface area contributed by atoms with Crippen LogP contribution >= 0.6 is 0 Å². The van der Waals surface area contributed by atoms with Crippen LogP contribution in [0.2, 0.25) is 0 Å². The second-order valence-corrected chi connectivity index (χ2v) is 6.74. The quantitative estimate of drug-likeness (QED) is 0.847. The lowest BCUT2D eigenvalue weighted by molar-refractivity contribution is -0.141. The molecule has 2 N–H and O–H groups in total. The van der Waals surface area contributed by atoms with Crippen LogP contribution in [0.3, 0.4) is 0 Å². The number of para-hydroxylation sites is 1. The summed E-state index contributed by atoms with van der Waals surface area (Å²) in [7, 11) is -3.50. The third-order valence-corrected chi connectivity index (χ3v) is 3.87. The van der Waals surface area contributed by atoms with E-state index in [1.54, 1.807) is 12.1 Å². The minimum atomic E-state index is -3.50. The van der Waals surface area contributed by atoms with Crippen molar-refractivity contribution in [2.45, 2.75) is 6.42 Å². The average Bonchev–Trinajstić information content (AvgIpc) is 2.86. The SMILES string of the molecule is CS(=O)(=O)Nc1ccccc1C(=O)N1CCC(C(=O)O)C1. The van der Waals surface area contributed by atoms with Crippen molar-refractivity contribution in [2.75, 3.05) is 24.1 Å². The van der Waals surface area contributed by atoms with Gasteiger partial charge in [0.05, 0.1) is 23.4 Å². The van der Waals surface area contributed by atoms with Crippen molar-refractivity contribution in [1.82, 2.24) is 4.90 Å². The molecule has 21 heavy (non-hydrogen) atoms. The van der Waals surface area contributed by atoms with E-state index in [-0.39, 0.29) is 23.7 Å². The molecule has 1 fully saturated rings. The van der Waals surface area contributed by atoms with E-state index in [0.717, 1.165) is 6.26 Å². The number of benzene rings is 1. The average molecular weight is 312 g/mol. The smallest absolute Gasteiger partial charge is 0.308 e. The maximum Gasteiger partial charge on any atom is 0.308 e. The number of carbonyl (C=O) groups excluding carboxylic acids is 1. The number of sulfonamides is 1. The van der Waals surface area contributed by atoms with Crippen LogP contribution in [0.4, 0.5) is 5.69 Å². The van der Waals surface area contributed by atoms with Crippen molar-refractivity contribution >= 4 is 27.6 Å². The lowest BCUT2D eigenvalue weighted by Gasteiger charge is -2.18. The zero-order valence-corrected chi connectivity index (χ0v) is 12.3. The van der Waals surface area contributed by atoms with Gasteiger partial charge in [0.2, 0.25) is 10.0 Å². The van der Waals surface area contributed by atoms with Crippen molar-refractivity contribution in [1.29, 1.82) is 0 Å². The molecule has 1 unspecified atom stereocenters. The molecular weight excluding hydrogens is 296 g/mol. The highest BCUT2D eigenvalue weighted by Gasteiger charge is 2.32. The summed E-state index contributed by atoms with van der Waals surface area (Å²) in [6, 6.07) is 6.27. The molecule has 1 aromatic rings. The van der Waals surface area contributed by atoms with E-state index in [9.17, 15) is 18.0 Å². The van der Waals surface area contributed by atoms with E-state index in [2.05, 4.69) is 4.72 Å². The van der Waals surface area contributed by atoms with Crippen molar-refractivity contribution < 1.29 is 23.1 Å². The van der Waals surface area contributed by atoms with Crippen LogP contribution in [0.1, 0.15) is 16.8 Å². The van der Waals surface area contributed by atoms with Gasteiger partial charge in [-0.05, 0) is 18.6 Å². The fraction of sp³-hybridized carbons (Fsp3) is 0.385. The number of nitrogens with one attached hydrogen (secondary N) is 1. The molecule has 1 saturated heterocycles. The van der Waals surface area contributed by atoms with Crippen molar-refractivity contribution in [3.8, 4) is 0 Å². The molecule has 0 spiro atoms. The maximum atomic E-state index is 12.4. The van der Waals surface area contributed by atoms with Crippen LogP contribution in [-0.4, -0.2) is 49.6 Å². The summed E-state index contributed by atoms with van der Waals surface area (Å²) in [6.45, 7) is 0.490. The van der Waals surface area contributed by atoms with Gasteiger partial charge in [-0.1, -0.05) is 12.1 Å². The first kappa shape index (κ1) is 15.3. The van der Waals surface area contributed by atoms with Crippen LogP contribution in [0.25, 0.3) is 0 Å². The molecule has 114 valence electrons. The lowest BCUT2D eigenvalue weighted by Crippen LogP contribution is -2.30. The molecule has 1 aliphatic rings. The molecular formula is C13H16N2O5S. The van der Waals surface area contributed by atoms with E-state index in [0.29, 0.717) is 13.0 Å². The molecule has 1 amide bonds. The minimum Gasteiger partial charge on any atom is -0.481 e. The number of anilines is 1. The zero-order chi connectivity index (χ0) is 15.6. The van der Waals surface area contributed by atoms with Gasteiger partial charge in [0.15, 0.2) is 0 Å². The number of carboxylic acids is 1. The topological polar surface area (TPSA) is 104 Å². The summed E-state index contributed by atoms with van der Waals surface area (Å²) in [5, 5.41) is 8.96. The minimum absolute atomic E-state index is 0.140. The fourth-order valence-electron chi connectivity index (χ4n) is 2.27. The highest BCUT2D eigenvalue weighted by atomic mass is 32.2. The Bertz CT molecular complexity index is 671. The first-order valence-electron chi connectivity index (χ1n) is 6.37. The summed E-state index contributed by atoms with van der Waals surface area (Å²) in [6.07, 6.45) is 1.41. The number of likely N-dealkylation sites (tertiary alicyclic amines) is 1. The second-order valence-electron chi connectivity index (χ2n) is 4.99. The Kier molecular flexibility index (Phi) is 4.17. The number of nitrogens with zero attached hydrogens (tertiary/aromatic N) is 1. The molecule has 1 aliphatic heterocycles. The molecule has 0 aromatic heterocycles. The number of amides is 1. The summed E-state index contributed by atoms with van der Waals surface area (Å²) < 4.78 is 24.9. The molecule has 7 nitrogen and oxygen atoms in total. The van der Waals surface area contributed by atoms with Gasteiger partial charge in [-0.25, -0.2) is 8.42 Å². The number of hydrogen-bond donors (Lipinski definition) is 2. The second kappa shape index (κ2) is 5.72. The summed E-state index contributed by atoms with van der Waals surface area (Å²) in [5.41, 5.74) is 0.415. The van der Waals surface area contributed by atoms with Gasteiger partial charge in [0, 0.05) is 13.1 Å². The van der Waals surface area contributed by atoms with Crippen LogP contribution in [0.5, 0.6) is 0 Å². The molecule has 8 heteroatoms. The van der Waals surface area contributed by atoms with Gasteiger partial charge in [-0.3, -0.25) is 14.3 Å².